The largest absolute Gasteiger partial charge is 0.545 e. The molecule has 0 N–H and O–H groups in total. The van der Waals surface area contributed by atoms with Crippen LogP contribution in [0.15, 0.2) is 85.1 Å². The fourth-order valence-corrected chi connectivity index (χ4v) is 12.7. The second-order valence-electron chi connectivity index (χ2n) is 30.1. The Hall–Kier alpha value is -3.53. The summed E-state index contributed by atoms with van der Waals surface area (Å²) in [5.74, 6) is -2.26. The fourth-order valence-electron chi connectivity index (χ4n) is 12.7. The van der Waals surface area contributed by atoms with Crippen molar-refractivity contribution in [1.82, 2.24) is 0 Å². The van der Waals surface area contributed by atoms with Gasteiger partial charge in [-0.1, -0.05) is 414 Å². The highest BCUT2D eigenvalue weighted by atomic mass is 16.7. The molecule has 0 aromatic rings. The molecule has 0 aliphatic carbocycles. The summed E-state index contributed by atoms with van der Waals surface area (Å²) in [6, 6.07) is 0. The number of unbranched alkanes of at least 4 members (excludes halogenated alkanes) is 51. The van der Waals surface area contributed by atoms with E-state index in [1.54, 1.807) is 0 Å². The molecule has 0 saturated carbocycles. The number of esters is 2. The molecule has 0 aliphatic heterocycles. The molecule has 99 heavy (non-hydrogen) atoms. The zero-order chi connectivity index (χ0) is 71.8. The SMILES string of the molecule is CC/C=C\C/C=C\C/C=C\C/C=C\C/C=C\C/C=C\C/C=C\CCCCCCCCCCCCCCCCCC(=O)OC(COC(=O)CCCCCCCCCCCCCCCCCCCCCCCCCCCCCCCCCCCCCCC)COC(OCC[N+](C)(C)C)C(=O)[O-]. The molecule has 2 unspecified atom stereocenters. The van der Waals surface area contributed by atoms with Gasteiger partial charge in [-0.05, 0) is 70.6 Å². The first-order valence-electron chi connectivity index (χ1n) is 42.7. The third-order valence-corrected chi connectivity index (χ3v) is 19.2. The van der Waals surface area contributed by atoms with E-state index in [1.165, 1.54) is 295 Å². The average Bonchev–Trinajstić information content (AvgIpc) is 2.19. The summed E-state index contributed by atoms with van der Waals surface area (Å²) in [7, 11) is 5.95. The Balaban J connectivity index is 3.97. The average molecular weight is 1390 g/mol. The quantitative estimate of drug-likeness (QED) is 0.0195. The van der Waals surface area contributed by atoms with Gasteiger partial charge in [0.05, 0.1) is 40.3 Å². The molecule has 0 spiro atoms. The van der Waals surface area contributed by atoms with Crippen LogP contribution in [-0.4, -0.2) is 82.3 Å². The van der Waals surface area contributed by atoms with Crippen LogP contribution < -0.4 is 5.11 Å². The van der Waals surface area contributed by atoms with E-state index in [-0.39, 0.29) is 32.2 Å². The van der Waals surface area contributed by atoms with Crippen LogP contribution in [0.25, 0.3) is 0 Å². The van der Waals surface area contributed by atoms with E-state index in [0.29, 0.717) is 23.9 Å². The maximum atomic E-state index is 13.0. The number of carboxylic acids is 1. The van der Waals surface area contributed by atoms with Crippen LogP contribution in [0.1, 0.15) is 412 Å². The summed E-state index contributed by atoms with van der Waals surface area (Å²) in [4.78, 5) is 37.7. The van der Waals surface area contributed by atoms with E-state index < -0.39 is 24.3 Å². The minimum absolute atomic E-state index is 0.148. The van der Waals surface area contributed by atoms with Gasteiger partial charge >= 0.3 is 11.9 Å². The zero-order valence-corrected chi connectivity index (χ0v) is 66.1. The highest BCUT2D eigenvalue weighted by Gasteiger charge is 2.22. The maximum absolute atomic E-state index is 13.0. The minimum Gasteiger partial charge on any atom is -0.545 e. The Morgan fingerprint density at radius 3 is 0.859 bits per heavy atom. The first-order valence-corrected chi connectivity index (χ1v) is 42.7. The molecule has 0 saturated heterocycles. The van der Waals surface area contributed by atoms with Gasteiger partial charge in [-0.25, -0.2) is 0 Å². The normalized spacial score (nSPS) is 13.0. The molecule has 0 aromatic carbocycles. The number of rotatable bonds is 80. The van der Waals surface area contributed by atoms with Crippen LogP contribution in [0, 0.1) is 0 Å². The minimum atomic E-state index is -1.62. The second kappa shape index (κ2) is 80.2. The van der Waals surface area contributed by atoms with Crippen LogP contribution >= 0.6 is 0 Å². The molecule has 0 radical (unpaired) electrons. The number of hydrogen-bond donors (Lipinski definition) is 0. The van der Waals surface area contributed by atoms with Crippen LogP contribution in [0.5, 0.6) is 0 Å². The lowest BCUT2D eigenvalue weighted by Crippen LogP contribution is -2.44. The molecule has 9 heteroatoms. The highest BCUT2D eigenvalue weighted by molar-refractivity contribution is 5.70. The van der Waals surface area contributed by atoms with Crippen molar-refractivity contribution < 1.29 is 42.9 Å². The molecule has 0 amide bonds. The maximum Gasteiger partial charge on any atom is 0.306 e. The summed E-state index contributed by atoms with van der Waals surface area (Å²) >= 11 is 0. The van der Waals surface area contributed by atoms with E-state index >= 15 is 0 Å². The summed E-state index contributed by atoms with van der Waals surface area (Å²) in [6.07, 6.45) is 107. The number of carboxylic acid groups (broad SMARTS) is 1. The van der Waals surface area contributed by atoms with Gasteiger partial charge in [0, 0.05) is 12.8 Å². The van der Waals surface area contributed by atoms with Gasteiger partial charge in [0.15, 0.2) is 12.4 Å². The number of carbonyl (C=O) groups excluding carboxylic acids is 3. The molecular weight excluding hydrogens is 1220 g/mol. The van der Waals surface area contributed by atoms with Gasteiger partial charge in [-0.15, -0.1) is 0 Å². The summed E-state index contributed by atoms with van der Waals surface area (Å²) in [5, 5.41) is 11.9. The van der Waals surface area contributed by atoms with Crippen molar-refractivity contribution in [2.24, 2.45) is 0 Å². The summed E-state index contributed by atoms with van der Waals surface area (Å²) in [6.45, 7) is 4.70. The van der Waals surface area contributed by atoms with E-state index in [2.05, 4.69) is 98.9 Å². The van der Waals surface area contributed by atoms with Gasteiger partial charge in [-0.2, -0.15) is 0 Å². The number of likely N-dealkylation sites (N-methyl/N-ethyl adjacent to an activating group) is 1. The smallest absolute Gasteiger partial charge is 0.306 e. The van der Waals surface area contributed by atoms with Crippen LogP contribution in [0.3, 0.4) is 0 Å². The number of nitrogens with zero attached hydrogens (tertiary/aromatic N) is 1. The molecule has 2 atom stereocenters. The number of aliphatic carboxylic acids is 1. The lowest BCUT2D eigenvalue weighted by Gasteiger charge is -2.26. The van der Waals surface area contributed by atoms with Crippen molar-refractivity contribution >= 4 is 17.9 Å². The molecule has 0 aromatic heterocycles. The van der Waals surface area contributed by atoms with Crippen molar-refractivity contribution in [2.75, 3.05) is 47.5 Å². The molecule has 0 fully saturated rings. The lowest BCUT2D eigenvalue weighted by molar-refractivity contribution is -0.870. The predicted octanol–water partition coefficient (Wildman–Crippen LogP) is 26.4. The van der Waals surface area contributed by atoms with Crippen molar-refractivity contribution in [2.45, 2.75) is 424 Å². The van der Waals surface area contributed by atoms with E-state index in [1.807, 2.05) is 21.1 Å². The topological polar surface area (TPSA) is 111 Å². The standard InChI is InChI=1S/C90H163NO8/c1-6-8-10-12-14-16-18-20-22-24-26-28-30-32-34-36-38-40-42-44-46-48-50-52-54-56-58-60-62-64-66-68-70-72-74-76-78-80-87(92)97-84-86(85-98-90(89(94)95)96-83-82-91(3,4)5)99-88(93)81-79-77-75-73-71-69-67-65-63-61-59-57-55-53-51-49-47-45-43-41-39-37-35-33-31-29-27-25-23-21-19-17-15-13-11-9-7-2/h9,11,15,17,21,23,27,29,33,35,39,41,45,47,86,90H,6-8,10,12-14,16,18-20,22,24-26,28,30-32,34,36-38,40,42-44,46,48-85H2,1-5H3/b11-9-,17-15-,23-21-,29-27-,35-33-,41-39-,47-45-. The van der Waals surface area contributed by atoms with Crippen molar-refractivity contribution in [3.8, 4) is 0 Å². The zero-order valence-electron chi connectivity index (χ0n) is 66.1. The highest BCUT2D eigenvalue weighted by Crippen LogP contribution is 2.20. The number of quaternary nitrogens is 1. The summed E-state index contributed by atoms with van der Waals surface area (Å²) < 4.78 is 22.9. The molecule has 0 bridgehead atoms. The Morgan fingerprint density at radius 2 is 0.576 bits per heavy atom. The van der Waals surface area contributed by atoms with E-state index in [0.717, 1.165) is 83.5 Å². The van der Waals surface area contributed by atoms with Crippen molar-refractivity contribution in [3.05, 3.63) is 85.1 Å². The molecule has 0 rings (SSSR count). The summed E-state index contributed by atoms with van der Waals surface area (Å²) in [5.41, 5.74) is 0. The molecule has 576 valence electrons. The third kappa shape index (κ3) is 81.6. The number of hydrogen-bond acceptors (Lipinski definition) is 8. The first-order chi connectivity index (χ1) is 48.6. The predicted molar refractivity (Wildman–Crippen MR) is 426 cm³/mol. The number of allylic oxidation sites excluding steroid dienone is 14. The molecule has 9 nitrogen and oxygen atoms in total. The molecular formula is C90H163NO8. The van der Waals surface area contributed by atoms with Gasteiger partial charge < -0.3 is 33.3 Å². The van der Waals surface area contributed by atoms with Crippen molar-refractivity contribution in [1.29, 1.82) is 0 Å². The van der Waals surface area contributed by atoms with Gasteiger partial charge in [0.1, 0.15) is 13.2 Å². The van der Waals surface area contributed by atoms with E-state index in [9.17, 15) is 19.5 Å². The second-order valence-corrected chi connectivity index (χ2v) is 30.1. The first kappa shape index (κ1) is 95.5. The third-order valence-electron chi connectivity index (χ3n) is 19.2. The Bertz CT molecular complexity index is 1910. The Kier molecular flexibility index (Phi) is 77.3. The number of carbonyl (C=O) groups is 3. The fraction of sp³-hybridized carbons (Fsp3) is 0.811. The number of ether oxygens (including phenoxy) is 4. The Morgan fingerprint density at radius 1 is 0.313 bits per heavy atom. The Labute approximate surface area is 614 Å². The van der Waals surface area contributed by atoms with Crippen LogP contribution in [-0.2, 0) is 33.3 Å². The lowest BCUT2D eigenvalue weighted by atomic mass is 10.0. The monoisotopic (exact) mass is 1390 g/mol. The van der Waals surface area contributed by atoms with Crippen LogP contribution in [0.4, 0.5) is 0 Å². The van der Waals surface area contributed by atoms with Gasteiger partial charge in [0.2, 0.25) is 0 Å². The van der Waals surface area contributed by atoms with E-state index in [4.69, 9.17) is 18.9 Å². The molecule has 0 aliphatic rings. The van der Waals surface area contributed by atoms with Gasteiger partial charge in [0.25, 0.3) is 0 Å². The van der Waals surface area contributed by atoms with Gasteiger partial charge in [-0.3, -0.25) is 9.59 Å². The van der Waals surface area contributed by atoms with Crippen LogP contribution in [0.2, 0.25) is 0 Å². The molecule has 0 heterocycles. The van der Waals surface area contributed by atoms with Crippen molar-refractivity contribution in [3.63, 3.8) is 0 Å².